The zero-order valence-corrected chi connectivity index (χ0v) is 15.5. The summed E-state index contributed by atoms with van der Waals surface area (Å²) in [5.41, 5.74) is 0.661. The van der Waals surface area contributed by atoms with Gasteiger partial charge in [-0.15, -0.1) is 0 Å². The second-order valence-corrected chi connectivity index (χ2v) is 7.49. The Hall–Kier alpha value is -2.10. The third-order valence-electron chi connectivity index (χ3n) is 5.54. The van der Waals surface area contributed by atoms with Crippen molar-refractivity contribution in [2.45, 2.75) is 76.3 Å². The summed E-state index contributed by atoms with van der Waals surface area (Å²) in [6, 6.07) is 7.68. The second kappa shape index (κ2) is 9.56. The molecular formula is C22H30N2O2. The van der Waals surface area contributed by atoms with Crippen molar-refractivity contribution in [3.8, 4) is 5.75 Å². The quantitative estimate of drug-likeness (QED) is 0.463. The first-order valence-electron chi connectivity index (χ1n) is 10.1. The monoisotopic (exact) mass is 354 g/mol. The predicted octanol–water partition coefficient (Wildman–Crippen LogP) is 4.93. The number of phenols is 1. The van der Waals surface area contributed by atoms with Crippen LogP contribution in [0.1, 0.15) is 69.8 Å². The Labute approximate surface area is 156 Å². The van der Waals surface area contributed by atoms with Gasteiger partial charge in [-0.25, -0.2) is 0 Å². The molecule has 2 fully saturated rings. The van der Waals surface area contributed by atoms with Crippen molar-refractivity contribution in [2.24, 2.45) is 4.99 Å². The van der Waals surface area contributed by atoms with Gasteiger partial charge in [0.1, 0.15) is 5.75 Å². The van der Waals surface area contributed by atoms with Crippen molar-refractivity contribution in [1.82, 2.24) is 4.90 Å². The molecule has 0 heterocycles. The van der Waals surface area contributed by atoms with Crippen molar-refractivity contribution >= 4 is 18.3 Å². The molecule has 1 N–H and O–H groups in total. The molecule has 0 unspecified atom stereocenters. The summed E-state index contributed by atoms with van der Waals surface area (Å²) in [4.78, 5) is 19.5. The van der Waals surface area contributed by atoms with Gasteiger partial charge in [0.25, 0.3) is 5.91 Å². The van der Waals surface area contributed by atoms with Crippen LogP contribution in [0.15, 0.2) is 35.3 Å². The molecule has 4 nitrogen and oxygen atoms in total. The number of nitrogens with zero attached hydrogens (tertiary/aromatic N) is 2. The zero-order chi connectivity index (χ0) is 18.2. The molecule has 3 rings (SSSR count). The number of benzene rings is 1. The van der Waals surface area contributed by atoms with Crippen molar-refractivity contribution in [2.75, 3.05) is 0 Å². The third kappa shape index (κ3) is 5.20. The van der Waals surface area contributed by atoms with Crippen LogP contribution in [0.4, 0.5) is 0 Å². The van der Waals surface area contributed by atoms with Crippen LogP contribution in [0.25, 0.3) is 6.08 Å². The van der Waals surface area contributed by atoms with E-state index in [1.807, 2.05) is 17.3 Å². The number of aliphatic imine (C=N–C) groups is 1. The normalized spacial score (nSPS) is 20.0. The van der Waals surface area contributed by atoms with E-state index in [2.05, 4.69) is 0 Å². The topological polar surface area (TPSA) is 52.9 Å². The number of rotatable bonds is 5. The Balaban J connectivity index is 1.72. The minimum absolute atomic E-state index is 0.0419. The average Bonchev–Trinajstić information content (AvgIpc) is 2.69. The van der Waals surface area contributed by atoms with Gasteiger partial charge in [0.2, 0.25) is 0 Å². The van der Waals surface area contributed by atoms with E-state index >= 15 is 0 Å². The number of carbonyl (C=O) groups is 1. The molecule has 4 heteroatoms. The number of para-hydroxylation sites is 1. The fraction of sp³-hybridized carbons (Fsp3) is 0.545. The van der Waals surface area contributed by atoms with Gasteiger partial charge < -0.3 is 5.11 Å². The van der Waals surface area contributed by atoms with Crippen LogP contribution in [0.5, 0.6) is 5.75 Å². The molecule has 0 saturated heterocycles. The number of amides is 1. The van der Waals surface area contributed by atoms with Crippen molar-refractivity contribution < 1.29 is 9.90 Å². The third-order valence-corrected chi connectivity index (χ3v) is 5.54. The van der Waals surface area contributed by atoms with E-state index in [1.54, 1.807) is 30.4 Å². The Kier molecular flexibility index (Phi) is 6.87. The van der Waals surface area contributed by atoms with Crippen molar-refractivity contribution in [3.63, 3.8) is 0 Å². The van der Waals surface area contributed by atoms with Gasteiger partial charge >= 0.3 is 0 Å². The van der Waals surface area contributed by atoms with E-state index in [-0.39, 0.29) is 17.7 Å². The fourth-order valence-electron chi connectivity index (χ4n) is 3.96. The van der Waals surface area contributed by atoms with Crippen LogP contribution >= 0.6 is 0 Å². The summed E-state index contributed by atoms with van der Waals surface area (Å²) in [5, 5.41) is 9.88. The molecule has 1 amide bonds. The number of hydrogen-bond donors (Lipinski definition) is 1. The smallest absolute Gasteiger partial charge is 0.251 e. The Morgan fingerprint density at radius 2 is 1.65 bits per heavy atom. The maximum atomic E-state index is 12.9. The van der Waals surface area contributed by atoms with E-state index in [0.29, 0.717) is 11.6 Å². The molecule has 140 valence electrons. The summed E-state index contributed by atoms with van der Waals surface area (Å²) in [5.74, 6) is 0.149. The molecule has 2 aliphatic rings. The lowest BCUT2D eigenvalue weighted by Crippen LogP contribution is -2.40. The number of phenolic OH excluding ortho intramolecular Hbond substituents is 1. The standard InChI is InChI=1S/C22H30N2O2/c25-21-14-8-7-9-18(21)15-16-22(26)24(20-12-5-2-6-13-20)17-23-19-10-3-1-4-11-19/h7-9,14-17,19-20,25H,1-6,10-13H2/b16-15+,23-17+. The molecule has 0 aliphatic heterocycles. The first-order chi connectivity index (χ1) is 12.7. The Morgan fingerprint density at radius 1 is 1.00 bits per heavy atom. The summed E-state index contributed by atoms with van der Waals surface area (Å²) < 4.78 is 0. The summed E-state index contributed by atoms with van der Waals surface area (Å²) in [6.45, 7) is 0. The molecule has 2 aliphatic carbocycles. The maximum absolute atomic E-state index is 12.9. The van der Waals surface area contributed by atoms with E-state index < -0.39 is 0 Å². The summed E-state index contributed by atoms with van der Waals surface area (Å²) >= 11 is 0. The van der Waals surface area contributed by atoms with Crippen LogP contribution in [0.3, 0.4) is 0 Å². The SMILES string of the molecule is O=C(/C=C/c1ccccc1O)N(/C=N/C1CCCCC1)C1CCCCC1. The lowest BCUT2D eigenvalue weighted by Gasteiger charge is -2.31. The average molecular weight is 354 g/mol. The largest absolute Gasteiger partial charge is 0.507 e. The first-order valence-corrected chi connectivity index (χ1v) is 10.1. The molecule has 0 spiro atoms. The number of hydrogen-bond acceptors (Lipinski definition) is 3. The molecule has 1 aromatic carbocycles. The van der Waals surface area contributed by atoms with Gasteiger partial charge in [0.05, 0.1) is 12.4 Å². The lowest BCUT2D eigenvalue weighted by molar-refractivity contribution is -0.124. The lowest BCUT2D eigenvalue weighted by atomic mass is 9.94. The fourth-order valence-corrected chi connectivity index (χ4v) is 3.96. The Bertz CT molecular complexity index is 641. The second-order valence-electron chi connectivity index (χ2n) is 7.49. The summed E-state index contributed by atoms with van der Waals surface area (Å²) in [7, 11) is 0. The molecular weight excluding hydrogens is 324 g/mol. The number of aromatic hydroxyl groups is 1. The van der Waals surface area contributed by atoms with E-state index in [9.17, 15) is 9.90 Å². The highest BCUT2D eigenvalue weighted by Crippen LogP contribution is 2.24. The van der Waals surface area contributed by atoms with Gasteiger partial charge in [0, 0.05) is 17.7 Å². The van der Waals surface area contributed by atoms with E-state index in [1.165, 1.54) is 38.5 Å². The van der Waals surface area contributed by atoms with Crippen LogP contribution < -0.4 is 0 Å². The van der Waals surface area contributed by atoms with Gasteiger partial charge in [-0.1, -0.05) is 56.7 Å². The maximum Gasteiger partial charge on any atom is 0.251 e. The first kappa shape index (κ1) is 18.7. The highest BCUT2D eigenvalue weighted by molar-refractivity contribution is 5.99. The molecule has 0 aromatic heterocycles. The van der Waals surface area contributed by atoms with Crippen LogP contribution in [-0.2, 0) is 4.79 Å². The highest BCUT2D eigenvalue weighted by Gasteiger charge is 2.23. The van der Waals surface area contributed by atoms with Gasteiger partial charge in [-0.3, -0.25) is 14.7 Å². The predicted molar refractivity (Wildman–Crippen MR) is 106 cm³/mol. The highest BCUT2D eigenvalue weighted by atomic mass is 16.3. The van der Waals surface area contributed by atoms with E-state index in [4.69, 9.17) is 4.99 Å². The van der Waals surface area contributed by atoms with Gasteiger partial charge in [-0.2, -0.15) is 0 Å². The van der Waals surface area contributed by atoms with Gasteiger partial charge in [-0.05, 0) is 37.8 Å². The van der Waals surface area contributed by atoms with Crippen LogP contribution in [0.2, 0.25) is 0 Å². The Morgan fingerprint density at radius 3 is 2.35 bits per heavy atom. The van der Waals surface area contributed by atoms with Crippen molar-refractivity contribution in [1.29, 1.82) is 0 Å². The molecule has 1 aromatic rings. The summed E-state index contributed by atoms with van der Waals surface area (Å²) in [6.07, 6.45) is 16.8. The minimum Gasteiger partial charge on any atom is -0.507 e. The molecule has 0 atom stereocenters. The zero-order valence-electron chi connectivity index (χ0n) is 15.5. The van der Waals surface area contributed by atoms with Gasteiger partial charge in [0.15, 0.2) is 0 Å². The molecule has 0 radical (unpaired) electrons. The minimum atomic E-state index is -0.0419. The van der Waals surface area contributed by atoms with Crippen molar-refractivity contribution in [3.05, 3.63) is 35.9 Å². The van der Waals surface area contributed by atoms with Crippen LogP contribution in [0, 0.1) is 0 Å². The molecule has 2 saturated carbocycles. The number of carbonyl (C=O) groups excluding carboxylic acids is 1. The molecule has 26 heavy (non-hydrogen) atoms. The molecule has 0 bridgehead atoms. The van der Waals surface area contributed by atoms with Crippen LogP contribution in [-0.4, -0.2) is 34.3 Å². The van der Waals surface area contributed by atoms with E-state index in [0.717, 1.165) is 25.7 Å².